The molecule has 0 radical (unpaired) electrons. The number of aromatic nitrogens is 1. The molecule has 1 atom stereocenters. The first-order valence-corrected chi connectivity index (χ1v) is 12.0. The number of aromatic amines is 1. The largest absolute Gasteiger partial charge is 0.367 e. The number of halogens is 1. The van der Waals surface area contributed by atoms with Crippen molar-refractivity contribution < 1.29 is 18.8 Å². The van der Waals surface area contributed by atoms with Crippen LogP contribution < -0.4 is 10.2 Å². The number of fused-ring (bicyclic) bond motifs is 2. The molecule has 0 saturated carbocycles. The minimum absolute atomic E-state index is 0.194. The van der Waals surface area contributed by atoms with Crippen molar-refractivity contribution in [2.45, 2.75) is 32.0 Å². The van der Waals surface area contributed by atoms with E-state index in [0.717, 1.165) is 30.7 Å². The Kier molecular flexibility index (Phi) is 5.29. The fraction of sp³-hybridized carbons (Fsp3) is 0.346. The molecule has 9 heteroatoms. The van der Waals surface area contributed by atoms with E-state index < -0.39 is 17.8 Å². The van der Waals surface area contributed by atoms with Crippen molar-refractivity contribution in [3.05, 3.63) is 65.1 Å². The minimum Gasteiger partial charge on any atom is -0.367 e. The second-order valence-corrected chi connectivity index (χ2v) is 9.52. The molecule has 4 heterocycles. The molecule has 0 spiro atoms. The monoisotopic (exact) mass is 475 g/mol. The molecule has 6 rings (SSSR count). The molecule has 2 aromatic carbocycles. The molecule has 3 amide bonds. The number of amides is 3. The van der Waals surface area contributed by atoms with Crippen LogP contribution in [0.2, 0.25) is 0 Å². The van der Waals surface area contributed by atoms with E-state index in [-0.39, 0.29) is 24.8 Å². The molecule has 1 unspecified atom stereocenters. The van der Waals surface area contributed by atoms with Gasteiger partial charge in [-0.25, -0.2) is 4.39 Å². The predicted octanol–water partition coefficient (Wildman–Crippen LogP) is 2.39. The molecule has 0 bridgehead atoms. The standard InChI is InChI=1S/C26H26FN5O3/c27-20-13-19-18(15-32(26(19)35)22-3-4-24(33)29-25(22)34)12-23(20)31-9-7-30(8-10-31)14-16-1-2-17-5-6-28-21(17)11-16/h1-2,5-6,11-13,22,28H,3-4,7-10,14-15H2,(H,29,33,34). The topological polar surface area (TPSA) is 88.8 Å². The van der Waals surface area contributed by atoms with Gasteiger partial charge in [0.1, 0.15) is 11.9 Å². The van der Waals surface area contributed by atoms with Crippen molar-refractivity contribution >= 4 is 34.3 Å². The maximum absolute atomic E-state index is 15.1. The second kappa shape index (κ2) is 8.49. The van der Waals surface area contributed by atoms with Gasteiger partial charge in [0.25, 0.3) is 5.91 Å². The zero-order chi connectivity index (χ0) is 24.1. The summed E-state index contributed by atoms with van der Waals surface area (Å²) in [5, 5.41) is 3.49. The average molecular weight is 476 g/mol. The summed E-state index contributed by atoms with van der Waals surface area (Å²) >= 11 is 0. The molecule has 3 aliphatic heterocycles. The molecule has 0 aliphatic carbocycles. The van der Waals surface area contributed by atoms with Gasteiger partial charge in [0.2, 0.25) is 11.8 Å². The highest BCUT2D eigenvalue weighted by molar-refractivity contribution is 6.05. The van der Waals surface area contributed by atoms with Crippen LogP contribution in [0.5, 0.6) is 0 Å². The van der Waals surface area contributed by atoms with Gasteiger partial charge in [-0.05, 0) is 47.2 Å². The summed E-state index contributed by atoms with van der Waals surface area (Å²) < 4.78 is 15.1. The van der Waals surface area contributed by atoms with E-state index >= 15 is 4.39 Å². The molecule has 2 saturated heterocycles. The van der Waals surface area contributed by atoms with Gasteiger partial charge < -0.3 is 14.8 Å². The molecule has 3 aromatic rings. The van der Waals surface area contributed by atoms with Crippen LogP contribution in [-0.4, -0.2) is 64.7 Å². The molecule has 2 fully saturated rings. The highest BCUT2D eigenvalue weighted by Crippen LogP contribution is 2.33. The third kappa shape index (κ3) is 3.95. The Bertz CT molecular complexity index is 1340. The smallest absolute Gasteiger partial charge is 0.255 e. The van der Waals surface area contributed by atoms with Crippen LogP contribution >= 0.6 is 0 Å². The Morgan fingerprint density at radius 3 is 2.63 bits per heavy atom. The van der Waals surface area contributed by atoms with E-state index in [1.807, 2.05) is 11.1 Å². The Morgan fingerprint density at radius 1 is 1.00 bits per heavy atom. The molecule has 35 heavy (non-hydrogen) atoms. The van der Waals surface area contributed by atoms with Gasteiger partial charge in [-0.2, -0.15) is 0 Å². The first-order chi connectivity index (χ1) is 17.0. The van der Waals surface area contributed by atoms with Crippen LogP contribution in [0.15, 0.2) is 42.6 Å². The number of nitrogens with zero attached hydrogens (tertiary/aromatic N) is 3. The molecular formula is C26H26FN5O3. The summed E-state index contributed by atoms with van der Waals surface area (Å²) in [5.74, 6) is -1.57. The highest BCUT2D eigenvalue weighted by Gasteiger charge is 2.40. The van der Waals surface area contributed by atoms with Crippen LogP contribution in [0.25, 0.3) is 10.9 Å². The van der Waals surface area contributed by atoms with Crippen molar-refractivity contribution in [1.82, 2.24) is 20.1 Å². The fourth-order valence-corrected chi connectivity index (χ4v) is 5.42. The number of hydrogen-bond acceptors (Lipinski definition) is 5. The molecule has 2 N–H and O–H groups in total. The Hall–Kier alpha value is -3.72. The van der Waals surface area contributed by atoms with E-state index in [2.05, 4.69) is 39.5 Å². The number of benzene rings is 2. The first kappa shape index (κ1) is 21.8. The lowest BCUT2D eigenvalue weighted by atomic mass is 10.0. The maximum Gasteiger partial charge on any atom is 0.255 e. The summed E-state index contributed by atoms with van der Waals surface area (Å²) in [6.45, 7) is 4.07. The van der Waals surface area contributed by atoms with E-state index in [1.54, 1.807) is 6.07 Å². The number of nitrogens with one attached hydrogen (secondary N) is 2. The number of rotatable bonds is 4. The molecular weight excluding hydrogens is 449 g/mol. The number of hydrogen-bond donors (Lipinski definition) is 2. The van der Waals surface area contributed by atoms with Crippen molar-refractivity contribution in [1.29, 1.82) is 0 Å². The third-order valence-corrected chi connectivity index (χ3v) is 7.33. The normalized spacial score (nSPS) is 21.1. The zero-order valence-corrected chi connectivity index (χ0v) is 19.2. The Balaban J connectivity index is 1.13. The van der Waals surface area contributed by atoms with Crippen molar-refractivity contribution in [3.63, 3.8) is 0 Å². The summed E-state index contributed by atoms with van der Waals surface area (Å²) in [6.07, 6.45) is 2.42. The Labute approximate surface area is 201 Å². The quantitative estimate of drug-likeness (QED) is 0.566. The first-order valence-electron chi connectivity index (χ1n) is 12.0. The lowest BCUT2D eigenvalue weighted by Crippen LogP contribution is -2.52. The van der Waals surface area contributed by atoms with Crippen LogP contribution in [0.1, 0.15) is 34.3 Å². The predicted molar refractivity (Wildman–Crippen MR) is 128 cm³/mol. The van der Waals surface area contributed by atoms with Gasteiger partial charge in [-0.1, -0.05) is 12.1 Å². The van der Waals surface area contributed by atoms with Crippen LogP contribution in [-0.2, 0) is 22.7 Å². The number of carbonyl (C=O) groups is 3. The molecule has 3 aliphatic rings. The van der Waals surface area contributed by atoms with Crippen molar-refractivity contribution in [2.75, 3.05) is 31.1 Å². The summed E-state index contributed by atoms with van der Waals surface area (Å²) in [4.78, 5) is 45.7. The van der Waals surface area contributed by atoms with Gasteiger partial charge in [-0.15, -0.1) is 0 Å². The van der Waals surface area contributed by atoms with E-state index in [0.29, 0.717) is 30.8 Å². The number of piperidine rings is 1. The summed E-state index contributed by atoms with van der Waals surface area (Å²) in [7, 11) is 0. The third-order valence-electron chi connectivity index (χ3n) is 7.33. The van der Waals surface area contributed by atoms with Crippen LogP contribution in [0.3, 0.4) is 0 Å². The molecule has 1 aromatic heterocycles. The summed E-state index contributed by atoms with van der Waals surface area (Å²) in [6, 6.07) is 10.9. The fourth-order valence-electron chi connectivity index (χ4n) is 5.42. The van der Waals surface area contributed by atoms with E-state index in [1.165, 1.54) is 21.9 Å². The molecule has 180 valence electrons. The lowest BCUT2D eigenvalue weighted by molar-refractivity contribution is -0.136. The van der Waals surface area contributed by atoms with Gasteiger partial charge >= 0.3 is 0 Å². The van der Waals surface area contributed by atoms with Crippen LogP contribution in [0, 0.1) is 5.82 Å². The number of anilines is 1. The van der Waals surface area contributed by atoms with Crippen molar-refractivity contribution in [3.8, 4) is 0 Å². The molecule has 8 nitrogen and oxygen atoms in total. The van der Waals surface area contributed by atoms with Gasteiger partial charge in [-0.3, -0.25) is 24.6 Å². The van der Waals surface area contributed by atoms with E-state index in [4.69, 9.17) is 0 Å². The zero-order valence-electron chi connectivity index (χ0n) is 19.2. The average Bonchev–Trinajstić information content (AvgIpc) is 3.43. The number of H-pyrrole nitrogens is 1. The van der Waals surface area contributed by atoms with Crippen molar-refractivity contribution in [2.24, 2.45) is 0 Å². The summed E-state index contributed by atoms with van der Waals surface area (Å²) in [5.41, 5.74) is 3.88. The number of carbonyl (C=O) groups excluding carboxylic acids is 3. The van der Waals surface area contributed by atoms with Gasteiger partial charge in [0, 0.05) is 63.0 Å². The maximum atomic E-state index is 15.1. The Morgan fingerprint density at radius 2 is 1.83 bits per heavy atom. The van der Waals surface area contributed by atoms with E-state index in [9.17, 15) is 14.4 Å². The minimum atomic E-state index is -0.701. The van der Waals surface area contributed by atoms with Crippen LogP contribution in [0.4, 0.5) is 10.1 Å². The number of piperazine rings is 1. The lowest BCUT2D eigenvalue weighted by Gasteiger charge is -2.36. The number of imide groups is 1. The highest BCUT2D eigenvalue weighted by atomic mass is 19.1. The van der Waals surface area contributed by atoms with Gasteiger partial charge in [0.15, 0.2) is 0 Å². The van der Waals surface area contributed by atoms with Gasteiger partial charge in [0.05, 0.1) is 5.69 Å². The second-order valence-electron chi connectivity index (χ2n) is 9.52. The SMILES string of the molecule is O=C1CCC(N2Cc3cc(N4CCN(Cc5ccc6cc[nH]c6c5)CC4)c(F)cc3C2=O)C(=O)N1.